The fraction of sp³-hybridized carbons (Fsp3) is 0.0667. The minimum atomic E-state index is -0.639. The first-order chi connectivity index (χ1) is 10.7. The first-order valence-corrected chi connectivity index (χ1v) is 7.27. The molecule has 0 fully saturated rings. The maximum Gasteiger partial charge on any atom is 0.357 e. The highest BCUT2D eigenvalue weighted by atomic mass is 32.1. The summed E-state index contributed by atoms with van der Waals surface area (Å²) in [5.41, 5.74) is 0.976. The highest BCUT2D eigenvalue weighted by molar-refractivity contribution is 7.22. The SMILES string of the molecule is O=C(COC(=O)c1ccccn1)Nc1nc2ccccc2s1. The number of anilines is 1. The molecule has 0 spiro atoms. The average Bonchev–Trinajstić information content (AvgIpc) is 2.95. The van der Waals surface area contributed by atoms with Crippen LogP contribution in [0.5, 0.6) is 0 Å². The van der Waals surface area contributed by atoms with E-state index in [9.17, 15) is 9.59 Å². The van der Waals surface area contributed by atoms with E-state index < -0.39 is 11.9 Å². The van der Waals surface area contributed by atoms with Crippen molar-refractivity contribution >= 4 is 38.6 Å². The number of para-hydroxylation sites is 1. The molecular formula is C15H11N3O3S. The van der Waals surface area contributed by atoms with Gasteiger partial charge in [-0.3, -0.25) is 10.1 Å². The van der Waals surface area contributed by atoms with Crippen molar-refractivity contribution in [2.24, 2.45) is 0 Å². The van der Waals surface area contributed by atoms with Crippen molar-refractivity contribution in [3.05, 3.63) is 54.4 Å². The standard InChI is InChI=1S/C15H11N3O3S/c19-13(9-21-14(20)11-6-3-4-8-16-11)18-15-17-10-5-1-2-7-12(10)22-15/h1-8H,9H2,(H,17,18,19). The Morgan fingerprint density at radius 2 is 1.95 bits per heavy atom. The number of hydrogen-bond acceptors (Lipinski definition) is 6. The zero-order valence-corrected chi connectivity index (χ0v) is 12.2. The van der Waals surface area contributed by atoms with Gasteiger partial charge in [0.2, 0.25) is 0 Å². The van der Waals surface area contributed by atoms with Crippen LogP contribution in [0, 0.1) is 0 Å². The second-order valence-electron chi connectivity index (χ2n) is 4.33. The Balaban J connectivity index is 1.57. The summed E-state index contributed by atoms with van der Waals surface area (Å²) in [6, 6.07) is 12.4. The van der Waals surface area contributed by atoms with E-state index in [1.54, 1.807) is 12.1 Å². The van der Waals surface area contributed by atoms with Gasteiger partial charge in [0.1, 0.15) is 5.69 Å². The van der Waals surface area contributed by atoms with Gasteiger partial charge in [-0.05, 0) is 24.3 Å². The first kappa shape index (κ1) is 14.2. The smallest absolute Gasteiger partial charge is 0.357 e. The largest absolute Gasteiger partial charge is 0.451 e. The van der Waals surface area contributed by atoms with Crippen LogP contribution >= 0.6 is 11.3 Å². The van der Waals surface area contributed by atoms with Gasteiger partial charge in [0.05, 0.1) is 10.2 Å². The normalized spacial score (nSPS) is 10.4. The number of benzene rings is 1. The lowest BCUT2D eigenvalue weighted by molar-refractivity contribution is -0.119. The molecule has 0 saturated heterocycles. The number of carbonyl (C=O) groups excluding carboxylic acids is 2. The quantitative estimate of drug-likeness (QED) is 0.748. The molecule has 0 aliphatic carbocycles. The predicted molar refractivity (Wildman–Crippen MR) is 82.8 cm³/mol. The van der Waals surface area contributed by atoms with Crippen LogP contribution in [0.3, 0.4) is 0 Å². The minimum Gasteiger partial charge on any atom is -0.451 e. The molecule has 0 bridgehead atoms. The molecule has 110 valence electrons. The van der Waals surface area contributed by atoms with Gasteiger partial charge in [-0.25, -0.2) is 14.8 Å². The number of pyridine rings is 1. The predicted octanol–water partition coefficient (Wildman–Crippen LogP) is 2.49. The summed E-state index contributed by atoms with van der Waals surface area (Å²) in [7, 11) is 0. The average molecular weight is 313 g/mol. The lowest BCUT2D eigenvalue weighted by atomic mass is 10.3. The maximum atomic E-state index is 11.8. The molecule has 0 atom stereocenters. The third-order valence-electron chi connectivity index (χ3n) is 2.75. The number of esters is 1. The summed E-state index contributed by atoms with van der Waals surface area (Å²) in [6.07, 6.45) is 1.48. The van der Waals surface area contributed by atoms with Crippen molar-refractivity contribution in [3.63, 3.8) is 0 Å². The highest BCUT2D eigenvalue weighted by Crippen LogP contribution is 2.25. The van der Waals surface area contributed by atoms with Crippen LogP contribution < -0.4 is 5.32 Å². The van der Waals surface area contributed by atoms with Gasteiger partial charge < -0.3 is 4.74 Å². The molecule has 0 saturated carbocycles. The molecule has 2 aromatic heterocycles. The Bertz CT molecular complexity index is 784. The van der Waals surface area contributed by atoms with E-state index in [0.29, 0.717) is 5.13 Å². The molecule has 2 heterocycles. The van der Waals surface area contributed by atoms with Crippen LogP contribution in [0.1, 0.15) is 10.5 Å². The monoisotopic (exact) mass is 313 g/mol. The topological polar surface area (TPSA) is 81.2 Å². The van der Waals surface area contributed by atoms with E-state index in [4.69, 9.17) is 4.74 Å². The third kappa shape index (κ3) is 3.26. The fourth-order valence-electron chi connectivity index (χ4n) is 1.77. The molecule has 3 rings (SSSR count). The molecule has 0 radical (unpaired) electrons. The zero-order chi connectivity index (χ0) is 15.4. The highest BCUT2D eigenvalue weighted by Gasteiger charge is 2.12. The molecule has 7 heteroatoms. The molecule has 6 nitrogen and oxygen atoms in total. The minimum absolute atomic E-state index is 0.162. The summed E-state index contributed by atoms with van der Waals surface area (Å²) in [5, 5.41) is 3.08. The molecule has 1 N–H and O–H groups in total. The Kier molecular flexibility index (Phi) is 4.06. The van der Waals surface area contributed by atoms with E-state index in [1.165, 1.54) is 23.6 Å². The number of rotatable bonds is 4. The van der Waals surface area contributed by atoms with Crippen molar-refractivity contribution in [1.29, 1.82) is 0 Å². The molecule has 0 unspecified atom stereocenters. The van der Waals surface area contributed by atoms with Crippen LogP contribution in [-0.4, -0.2) is 28.5 Å². The Morgan fingerprint density at radius 3 is 2.73 bits per heavy atom. The summed E-state index contributed by atoms with van der Waals surface area (Å²) >= 11 is 1.36. The van der Waals surface area contributed by atoms with Crippen LogP contribution in [-0.2, 0) is 9.53 Å². The summed E-state index contributed by atoms with van der Waals surface area (Å²) < 4.78 is 5.87. The van der Waals surface area contributed by atoms with Gasteiger partial charge in [0.25, 0.3) is 5.91 Å². The van der Waals surface area contributed by atoms with Gasteiger partial charge in [-0.2, -0.15) is 0 Å². The third-order valence-corrected chi connectivity index (χ3v) is 3.70. The molecule has 22 heavy (non-hydrogen) atoms. The molecule has 1 amide bonds. The van der Waals surface area contributed by atoms with Crippen LogP contribution in [0.2, 0.25) is 0 Å². The summed E-state index contributed by atoms with van der Waals surface area (Å²) in [5.74, 6) is -1.08. The van der Waals surface area contributed by atoms with E-state index in [-0.39, 0.29) is 12.3 Å². The first-order valence-electron chi connectivity index (χ1n) is 6.46. The van der Waals surface area contributed by atoms with Gasteiger partial charge >= 0.3 is 5.97 Å². The van der Waals surface area contributed by atoms with E-state index in [0.717, 1.165) is 10.2 Å². The van der Waals surface area contributed by atoms with Gasteiger partial charge in [0, 0.05) is 6.20 Å². The fourth-order valence-corrected chi connectivity index (χ4v) is 2.65. The Morgan fingerprint density at radius 1 is 1.14 bits per heavy atom. The molecule has 0 aliphatic heterocycles. The number of carbonyl (C=O) groups is 2. The van der Waals surface area contributed by atoms with Crippen molar-refractivity contribution < 1.29 is 14.3 Å². The summed E-state index contributed by atoms with van der Waals surface area (Å²) in [4.78, 5) is 31.6. The number of nitrogens with one attached hydrogen (secondary N) is 1. The second-order valence-corrected chi connectivity index (χ2v) is 5.36. The lowest BCUT2D eigenvalue weighted by Crippen LogP contribution is -2.21. The number of nitrogens with zero attached hydrogens (tertiary/aromatic N) is 2. The van der Waals surface area contributed by atoms with E-state index >= 15 is 0 Å². The van der Waals surface area contributed by atoms with E-state index in [1.807, 2.05) is 24.3 Å². The van der Waals surface area contributed by atoms with Crippen LogP contribution in [0.4, 0.5) is 5.13 Å². The van der Waals surface area contributed by atoms with Crippen LogP contribution in [0.15, 0.2) is 48.7 Å². The zero-order valence-electron chi connectivity index (χ0n) is 11.4. The number of fused-ring (bicyclic) bond motifs is 1. The van der Waals surface area contributed by atoms with Crippen molar-refractivity contribution in [3.8, 4) is 0 Å². The van der Waals surface area contributed by atoms with Gasteiger partial charge in [-0.15, -0.1) is 0 Å². The Hall–Kier alpha value is -2.80. The molecule has 1 aromatic carbocycles. The van der Waals surface area contributed by atoms with Crippen LogP contribution in [0.25, 0.3) is 10.2 Å². The number of aromatic nitrogens is 2. The van der Waals surface area contributed by atoms with Gasteiger partial charge in [-0.1, -0.05) is 29.5 Å². The number of amides is 1. The number of ether oxygens (including phenoxy) is 1. The molecule has 3 aromatic rings. The van der Waals surface area contributed by atoms with Crippen molar-refractivity contribution in [2.45, 2.75) is 0 Å². The van der Waals surface area contributed by atoms with Crippen molar-refractivity contribution in [2.75, 3.05) is 11.9 Å². The number of thiazole rings is 1. The molecular weight excluding hydrogens is 302 g/mol. The van der Waals surface area contributed by atoms with Gasteiger partial charge in [0.15, 0.2) is 11.7 Å². The maximum absolute atomic E-state index is 11.8. The van der Waals surface area contributed by atoms with E-state index in [2.05, 4.69) is 15.3 Å². The summed E-state index contributed by atoms with van der Waals surface area (Å²) in [6.45, 7) is -0.384. The molecule has 0 aliphatic rings. The second kappa shape index (κ2) is 6.31. The van der Waals surface area contributed by atoms with Crippen molar-refractivity contribution in [1.82, 2.24) is 9.97 Å². The Labute approximate surface area is 129 Å². The lowest BCUT2D eigenvalue weighted by Gasteiger charge is -2.03. The number of hydrogen-bond donors (Lipinski definition) is 1.